The largest absolute Gasteiger partial charge is 0.493 e. The molecular formula is C25H30ClN3O5. The Balaban J connectivity index is 2.04. The summed E-state index contributed by atoms with van der Waals surface area (Å²) < 4.78 is 16.4. The first-order valence-corrected chi connectivity index (χ1v) is 10.9. The number of amides is 1. The standard InChI is InChI=1S/C25H30ClN3O5/c1-25(2,34-24(31)15-27)16-33-21-12-11-20(13-22(21)32-4)29-23(30)14-19(28-3)10-7-17-5-8-18(26)9-6-17/h5-14,28H,15-16,27H2,1-4H3,(H,29,30)/b10-7+,19-14-. The van der Waals surface area contributed by atoms with Crippen LogP contribution in [0.5, 0.6) is 11.5 Å². The molecule has 34 heavy (non-hydrogen) atoms. The van der Waals surface area contributed by atoms with Gasteiger partial charge >= 0.3 is 5.97 Å². The van der Waals surface area contributed by atoms with Gasteiger partial charge in [-0.3, -0.25) is 9.59 Å². The molecule has 2 aromatic carbocycles. The van der Waals surface area contributed by atoms with Crippen molar-refractivity contribution < 1.29 is 23.8 Å². The van der Waals surface area contributed by atoms with E-state index >= 15 is 0 Å². The number of nitrogens with two attached hydrogens (primary N) is 1. The maximum atomic E-state index is 12.5. The quantitative estimate of drug-likeness (QED) is 0.251. The molecule has 0 unspecified atom stereocenters. The molecule has 0 atom stereocenters. The molecular weight excluding hydrogens is 458 g/mol. The number of carbonyl (C=O) groups is 2. The van der Waals surface area contributed by atoms with Gasteiger partial charge in [-0.15, -0.1) is 0 Å². The third-order valence-electron chi connectivity index (χ3n) is 4.46. The second-order valence-electron chi connectivity index (χ2n) is 7.82. The highest BCUT2D eigenvalue weighted by atomic mass is 35.5. The smallest absolute Gasteiger partial charge is 0.320 e. The minimum atomic E-state index is -0.873. The highest BCUT2D eigenvalue weighted by Gasteiger charge is 2.24. The molecule has 0 radical (unpaired) electrons. The lowest BCUT2D eigenvalue weighted by atomic mass is 10.1. The molecule has 0 saturated heterocycles. The van der Waals surface area contributed by atoms with E-state index in [-0.39, 0.29) is 19.1 Å². The highest BCUT2D eigenvalue weighted by Crippen LogP contribution is 2.31. The van der Waals surface area contributed by atoms with E-state index in [0.717, 1.165) is 5.56 Å². The van der Waals surface area contributed by atoms with Crippen molar-refractivity contribution in [1.29, 1.82) is 0 Å². The van der Waals surface area contributed by atoms with Gasteiger partial charge in [0, 0.05) is 35.6 Å². The number of rotatable bonds is 11. The number of halogens is 1. The Labute approximate surface area is 204 Å². The van der Waals surface area contributed by atoms with Crippen molar-refractivity contribution in [2.24, 2.45) is 5.73 Å². The van der Waals surface area contributed by atoms with Crippen LogP contribution in [0.4, 0.5) is 5.69 Å². The lowest BCUT2D eigenvalue weighted by Gasteiger charge is -2.25. The van der Waals surface area contributed by atoms with Crippen molar-refractivity contribution in [3.8, 4) is 11.5 Å². The highest BCUT2D eigenvalue weighted by molar-refractivity contribution is 6.30. The predicted molar refractivity (Wildman–Crippen MR) is 134 cm³/mol. The lowest BCUT2D eigenvalue weighted by molar-refractivity contribution is -0.157. The van der Waals surface area contributed by atoms with Crippen molar-refractivity contribution in [3.63, 3.8) is 0 Å². The third kappa shape index (κ3) is 8.80. The number of anilines is 1. The molecule has 8 nitrogen and oxygen atoms in total. The van der Waals surface area contributed by atoms with Crippen LogP contribution in [0.15, 0.2) is 60.3 Å². The number of hydrogen-bond acceptors (Lipinski definition) is 7. The maximum Gasteiger partial charge on any atom is 0.320 e. The zero-order valence-corrected chi connectivity index (χ0v) is 20.4. The van der Waals surface area contributed by atoms with E-state index in [1.54, 1.807) is 57.3 Å². The van der Waals surface area contributed by atoms with E-state index in [0.29, 0.717) is 27.9 Å². The van der Waals surface area contributed by atoms with Crippen LogP contribution in [0.3, 0.4) is 0 Å². The predicted octanol–water partition coefficient (Wildman–Crippen LogP) is 3.76. The molecule has 0 aliphatic rings. The van der Waals surface area contributed by atoms with Gasteiger partial charge in [0.05, 0.1) is 13.7 Å². The Morgan fingerprint density at radius 1 is 1.12 bits per heavy atom. The van der Waals surface area contributed by atoms with Gasteiger partial charge in [-0.2, -0.15) is 0 Å². The van der Waals surface area contributed by atoms with Crippen molar-refractivity contribution in [2.75, 3.05) is 32.6 Å². The number of likely N-dealkylation sites (N-methyl/N-ethyl adjacent to an activating group) is 1. The Kier molecular flexibility index (Phi) is 9.97. The van der Waals surface area contributed by atoms with Crippen LogP contribution in [0.2, 0.25) is 5.02 Å². The van der Waals surface area contributed by atoms with E-state index in [4.69, 9.17) is 31.5 Å². The summed E-state index contributed by atoms with van der Waals surface area (Å²) in [7, 11) is 3.22. The molecule has 0 bridgehead atoms. The Morgan fingerprint density at radius 3 is 2.44 bits per heavy atom. The van der Waals surface area contributed by atoms with Gasteiger partial charge < -0.3 is 30.6 Å². The molecule has 9 heteroatoms. The number of allylic oxidation sites excluding steroid dienone is 1. The number of esters is 1. The summed E-state index contributed by atoms with van der Waals surface area (Å²) in [6.07, 6.45) is 5.10. The summed E-state index contributed by atoms with van der Waals surface area (Å²) in [5.41, 5.74) is 6.51. The van der Waals surface area contributed by atoms with Gasteiger partial charge in [-0.25, -0.2) is 0 Å². The molecule has 0 heterocycles. The molecule has 4 N–H and O–H groups in total. The zero-order valence-electron chi connectivity index (χ0n) is 19.7. The SMILES string of the molecule is CNC(=C\C(=O)Nc1ccc(OCC(C)(C)OC(=O)CN)c(OC)c1)/C=C/c1ccc(Cl)cc1. The lowest BCUT2D eigenvalue weighted by Crippen LogP contribution is -2.37. The number of benzene rings is 2. The van der Waals surface area contributed by atoms with E-state index in [9.17, 15) is 9.59 Å². The molecule has 0 saturated carbocycles. The van der Waals surface area contributed by atoms with Crippen LogP contribution >= 0.6 is 11.6 Å². The molecule has 0 aliphatic heterocycles. The van der Waals surface area contributed by atoms with Crippen LogP contribution in [0.1, 0.15) is 19.4 Å². The summed E-state index contributed by atoms with van der Waals surface area (Å²) in [5.74, 6) is 0.0141. The molecule has 182 valence electrons. The topological polar surface area (TPSA) is 112 Å². The number of carbonyl (C=O) groups excluding carboxylic acids is 2. The Hall–Kier alpha value is -3.49. The van der Waals surface area contributed by atoms with Gasteiger partial charge in [0.1, 0.15) is 12.2 Å². The van der Waals surface area contributed by atoms with Gasteiger partial charge in [-0.1, -0.05) is 29.8 Å². The molecule has 2 rings (SSSR count). The number of nitrogens with one attached hydrogen (secondary N) is 2. The van der Waals surface area contributed by atoms with E-state index in [2.05, 4.69) is 10.6 Å². The molecule has 0 spiro atoms. The molecule has 0 aliphatic carbocycles. The average molecular weight is 488 g/mol. The molecule has 0 fully saturated rings. The summed E-state index contributed by atoms with van der Waals surface area (Å²) in [5, 5.41) is 6.43. The van der Waals surface area contributed by atoms with Crippen molar-refractivity contribution in [3.05, 3.63) is 70.9 Å². The monoisotopic (exact) mass is 487 g/mol. The van der Waals surface area contributed by atoms with Crippen molar-refractivity contribution in [2.45, 2.75) is 19.4 Å². The van der Waals surface area contributed by atoms with Gasteiger partial charge in [-0.05, 0) is 49.8 Å². The maximum absolute atomic E-state index is 12.5. The minimum absolute atomic E-state index is 0.0923. The first-order valence-electron chi connectivity index (χ1n) is 10.5. The number of ether oxygens (including phenoxy) is 3. The molecule has 1 amide bonds. The van der Waals surface area contributed by atoms with Crippen LogP contribution in [-0.2, 0) is 14.3 Å². The fourth-order valence-electron chi connectivity index (χ4n) is 2.78. The van der Waals surface area contributed by atoms with Gasteiger partial charge in [0.25, 0.3) is 0 Å². The summed E-state index contributed by atoms with van der Waals surface area (Å²) >= 11 is 5.90. The number of methoxy groups -OCH3 is 1. The van der Waals surface area contributed by atoms with Crippen LogP contribution in [-0.4, -0.2) is 44.8 Å². The van der Waals surface area contributed by atoms with E-state index in [1.165, 1.54) is 13.2 Å². The van der Waals surface area contributed by atoms with Gasteiger partial charge in [0.15, 0.2) is 11.5 Å². The molecule has 0 aromatic heterocycles. The van der Waals surface area contributed by atoms with Gasteiger partial charge in [0.2, 0.25) is 5.91 Å². The fourth-order valence-corrected chi connectivity index (χ4v) is 2.90. The fraction of sp³-hybridized carbons (Fsp3) is 0.280. The number of hydrogen-bond donors (Lipinski definition) is 3. The van der Waals surface area contributed by atoms with Crippen molar-refractivity contribution >= 4 is 35.2 Å². The van der Waals surface area contributed by atoms with Crippen LogP contribution < -0.4 is 25.8 Å². The summed E-state index contributed by atoms with van der Waals surface area (Å²) in [6.45, 7) is 3.32. The van der Waals surface area contributed by atoms with Crippen LogP contribution in [0, 0.1) is 0 Å². The van der Waals surface area contributed by atoms with E-state index in [1.807, 2.05) is 18.2 Å². The first-order chi connectivity index (χ1) is 16.2. The third-order valence-corrected chi connectivity index (χ3v) is 4.72. The minimum Gasteiger partial charge on any atom is -0.493 e. The van der Waals surface area contributed by atoms with Crippen LogP contribution in [0.25, 0.3) is 6.08 Å². The average Bonchev–Trinajstić information content (AvgIpc) is 2.81. The second-order valence-corrected chi connectivity index (χ2v) is 8.25. The Bertz CT molecular complexity index is 1050. The normalized spacial score (nSPS) is 11.8. The first kappa shape index (κ1) is 26.8. The molecule has 2 aromatic rings. The zero-order chi connectivity index (χ0) is 25.1. The Morgan fingerprint density at radius 2 is 1.82 bits per heavy atom. The summed E-state index contributed by atoms with van der Waals surface area (Å²) in [6, 6.07) is 12.3. The van der Waals surface area contributed by atoms with Crippen molar-refractivity contribution in [1.82, 2.24) is 5.32 Å². The second kappa shape index (κ2) is 12.7. The van der Waals surface area contributed by atoms with E-state index < -0.39 is 11.6 Å². The summed E-state index contributed by atoms with van der Waals surface area (Å²) in [4.78, 5) is 23.9.